The van der Waals surface area contributed by atoms with Crippen LogP contribution in [0.4, 0.5) is 0 Å². The first kappa shape index (κ1) is 16.9. The van der Waals surface area contributed by atoms with E-state index in [0.717, 1.165) is 16.1 Å². The van der Waals surface area contributed by atoms with Crippen molar-refractivity contribution in [1.82, 2.24) is 29.5 Å². The van der Waals surface area contributed by atoms with Crippen LogP contribution < -0.4 is 15.0 Å². The molecule has 0 unspecified atom stereocenters. The van der Waals surface area contributed by atoms with E-state index in [2.05, 4.69) is 20.3 Å². The van der Waals surface area contributed by atoms with Gasteiger partial charge < -0.3 is 14.0 Å². The van der Waals surface area contributed by atoms with Crippen molar-refractivity contribution in [2.45, 2.75) is 6.54 Å². The van der Waals surface area contributed by atoms with Gasteiger partial charge in [0.25, 0.3) is 5.56 Å². The second-order valence-electron chi connectivity index (χ2n) is 6.51. The first-order chi connectivity index (χ1) is 14.7. The standard InChI is InChI=1S/C19H12N6O4S/c26-19-13-7-12(16-2-1-5-30-16)22-25(13)9-20-24(19)8-17-21-18(23-29-17)11-3-4-14-15(6-11)28-10-27-14/h1-7,9H,8,10H2. The van der Waals surface area contributed by atoms with Gasteiger partial charge in [-0.15, -0.1) is 11.3 Å². The third-order valence-electron chi connectivity index (χ3n) is 4.65. The maximum Gasteiger partial charge on any atom is 0.293 e. The van der Waals surface area contributed by atoms with E-state index in [-0.39, 0.29) is 24.8 Å². The highest BCUT2D eigenvalue weighted by molar-refractivity contribution is 7.13. The van der Waals surface area contributed by atoms with Crippen molar-refractivity contribution in [3.8, 4) is 33.5 Å². The average Bonchev–Trinajstić information content (AvgIpc) is 3.54. The Labute approximate surface area is 171 Å². The summed E-state index contributed by atoms with van der Waals surface area (Å²) in [6, 6.07) is 11.0. The van der Waals surface area contributed by atoms with E-state index in [0.29, 0.717) is 22.8 Å². The number of hydrogen-bond donors (Lipinski definition) is 0. The summed E-state index contributed by atoms with van der Waals surface area (Å²) in [5.74, 6) is 1.96. The Morgan fingerprint density at radius 2 is 2.07 bits per heavy atom. The number of ether oxygens (including phenoxy) is 2. The van der Waals surface area contributed by atoms with Crippen molar-refractivity contribution in [2.24, 2.45) is 0 Å². The Kier molecular flexibility index (Phi) is 3.68. The van der Waals surface area contributed by atoms with E-state index in [9.17, 15) is 4.79 Å². The number of fused-ring (bicyclic) bond motifs is 2. The summed E-state index contributed by atoms with van der Waals surface area (Å²) in [4.78, 5) is 18.2. The SMILES string of the molecule is O=c1c2cc(-c3cccs3)nn2cnn1Cc1nc(-c2ccc3c(c2)OCO3)no1. The van der Waals surface area contributed by atoms with Crippen LogP contribution >= 0.6 is 11.3 Å². The zero-order valence-corrected chi connectivity index (χ0v) is 16.1. The third-order valence-corrected chi connectivity index (χ3v) is 5.54. The van der Waals surface area contributed by atoms with Crippen molar-refractivity contribution in [3.05, 3.63) is 64.4 Å². The molecule has 148 valence electrons. The fourth-order valence-corrected chi connectivity index (χ4v) is 3.88. The Hall–Kier alpha value is -3.99. The summed E-state index contributed by atoms with van der Waals surface area (Å²) in [5, 5.41) is 14.5. The molecule has 0 saturated carbocycles. The second kappa shape index (κ2) is 6.52. The summed E-state index contributed by atoms with van der Waals surface area (Å²) in [7, 11) is 0. The molecule has 11 heteroatoms. The first-order valence-electron chi connectivity index (χ1n) is 8.96. The summed E-state index contributed by atoms with van der Waals surface area (Å²) in [6.07, 6.45) is 1.49. The lowest BCUT2D eigenvalue weighted by Crippen LogP contribution is -2.25. The number of hydrogen-bond acceptors (Lipinski definition) is 9. The van der Waals surface area contributed by atoms with Crippen LogP contribution in [0.5, 0.6) is 11.5 Å². The minimum absolute atomic E-state index is 0.0480. The average molecular weight is 420 g/mol. The monoisotopic (exact) mass is 420 g/mol. The highest BCUT2D eigenvalue weighted by Crippen LogP contribution is 2.35. The van der Waals surface area contributed by atoms with E-state index < -0.39 is 0 Å². The quantitative estimate of drug-likeness (QED) is 0.436. The zero-order valence-electron chi connectivity index (χ0n) is 15.3. The molecule has 1 aromatic carbocycles. The minimum Gasteiger partial charge on any atom is -0.454 e. The maximum atomic E-state index is 12.8. The molecule has 0 spiro atoms. The summed E-state index contributed by atoms with van der Waals surface area (Å²) in [5.41, 5.74) is 1.57. The van der Waals surface area contributed by atoms with E-state index >= 15 is 0 Å². The molecule has 0 atom stereocenters. The van der Waals surface area contributed by atoms with Crippen LogP contribution in [0.3, 0.4) is 0 Å². The molecule has 0 aliphatic carbocycles. The van der Waals surface area contributed by atoms with E-state index in [1.807, 2.05) is 23.6 Å². The van der Waals surface area contributed by atoms with Gasteiger partial charge in [0.15, 0.2) is 11.5 Å². The smallest absolute Gasteiger partial charge is 0.293 e. The number of thiophene rings is 1. The molecule has 0 saturated heterocycles. The lowest BCUT2D eigenvalue weighted by Gasteiger charge is -2.00. The third kappa shape index (κ3) is 2.75. The Balaban J connectivity index is 1.31. The van der Waals surface area contributed by atoms with Crippen molar-refractivity contribution >= 4 is 16.9 Å². The highest BCUT2D eigenvalue weighted by atomic mass is 32.1. The number of nitrogens with zero attached hydrogens (tertiary/aromatic N) is 6. The largest absolute Gasteiger partial charge is 0.454 e. The lowest BCUT2D eigenvalue weighted by molar-refractivity contribution is 0.174. The Morgan fingerprint density at radius 3 is 2.97 bits per heavy atom. The van der Waals surface area contributed by atoms with Gasteiger partial charge in [-0.25, -0.2) is 9.20 Å². The lowest BCUT2D eigenvalue weighted by atomic mass is 10.2. The van der Waals surface area contributed by atoms with E-state index in [4.69, 9.17) is 14.0 Å². The molecule has 0 fully saturated rings. The van der Waals surface area contributed by atoms with Crippen molar-refractivity contribution < 1.29 is 14.0 Å². The zero-order chi connectivity index (χ0) is 20.1. The van der Waals surface area contributed by atoms with Crippen molar-refractivity contribution in [1.29, 1.82) is 0 Å². The normalized spacial score (nSPS) is 12.7. The topological polar surface area (TPSA) is 110 Å². The van der Waals surface area contributed by atoms with Gasteiger partial charge in [0.05, 0.1) is 4.88 Å². The van der Waals surface area contributed by atoms with Gasteiger partial charge in [-0.2, -0.15) is 15.2 Å². The molecule has 1 aliphatic heterocycles. The van der Waals surface area contributed by atoms with Gasteiger partial charge in [0.1, 0.15) is 24.1 Å². The number of benzene rings is 1. The predicted molar refractivity (Wildman–Crippen MR) is 106 cm³/mol. The van der Waals surface area contributed by atoms with Gasteiger partial charge in [-0.1, -0.05) is 11.2 Å². The minimum atomic E-state index is -0.296. The molecular formula is C19H12N6O4S. The number of aromatic nitrogens is 6. The van der Waals surface area contributed by atoms with Gasteiger partial charge in [-0.05, 0) is 35.7 Å². The predicted octanol–water partition coefficient (Wildman–Crippen LogP) is 2.45. The first-order valence-corrected chi connectivity index (χ1v) is 9.84. The van der Waals surface area contributed by atoms with Gasteiger partial charge >= 0.3 is 0 Å². The molecule has 0 amide bonds. The van der Waals surface area contributed by atoms with Crippen molar-refractivity contribution in [3.63, 3.8) is 0 Å². The van der Waals surface area contributed by atoms with Crippen LogP contribution in [-0.4, -0.2) is 36.3 Å². The van der Waals surface area contributed by atoms with Gasteiger partial charge in [0.2, 0.25) is 18.5 Å². The molecule has 0 radical (unpaired) electrons. The van der Waals surface area contributed by atoms with Crippen LogP contribution in [0.15, 0.2) is 57.4 Å². The molecule has 10 nitrogen and oxygen atoms in total. The molecular weight excluding hydrogens is 408 g/mol. The number of rotatable bonds is 4. The van der Waals surface area contributed by atoms with Crippen LogP contribution in [0.2, 0.25) is 0 Å². The van der Waals surface area contributed by atoms with E-state index in [1.165, 1.54) is 15.5 Å². The fraction of sp³-hybridized carbons (Fsp3) is 0.105. The van der Waals surface area contributed by atoms with Crippen LogP contribution in [0, 0.1) is 0 Å². The Morgan fingerprint density at radius 1 is 1.13 bits per heavy atom. The second-order valence-corrected chi connectivity index (χ2v) is 7.46. The van der Waals surface area contributed by atoms with Gasteiger partial charge in [0, 0.05) is 5.56 Å². The van der Waals surface area contributed by atoms with Crippen LogP contribution in [0.1, 0.15) is 5.89 Å². The fourth-order valence-electron chi connectivity index (χ4n) is 3.20. The molecule has 6 rings (SSSR count). The highest BCUT2D eigenvalue weighted by Gasteiger charge is 2.18. The molecule has 5 heterocycles. The molecule has 0 N–H and O–H groups in total. The molecule has 30 heavy (non-hydrogen) atoms. The summed E-state index contributed by atoms with van der Waals surface area (Å²) in [6.45, 7) is 0.239. The summed E-state index contributed by atoms with van der Waals surface area (Å²) < 4.78 is 18.7. The molecule has 1 aliphatic rings. The van der Waals surface area contributed by atoms with E-state index in [1.54, 1.807) is 29.5 Å². The maximum absolute atomic E-state index is 12.8. The van der Waals surface area contributed by atoms with Crippen LogP contribution in [-0.2, 0) is 6.54 Å². The summed E-state index contributed by atoms with van der Waals surface area (Å²) >= 11 is 1.56. The Bertz CT molecular complexity index is 1440. The molecule has 5 aromatic rings. The molecule has 0 bridgehead atoms. The van der Waals surface area contributed by atoms with Crippen molar-refractivity contribution in [2.75, 3.05) is 6.79 Å². The van der Waals surface area contributed by atoms with Gasteiger partial charge in [-0.3, -0.25) is 4.79 Å². The molecule has 4 aromatic heterocycles. The van der Waals surface area contributed by atoms with Crippen LogP contribution in [0.25, 0.3) is 27.5 Å².